The van der Waals surface area contributed by atoms with Crippen LogP contribution < -0.4 is 10.5 Å². The molecule has 0 spiro atoms. The second kappa shape index (κ2) is 5.19. The first kappa shape index (κ1) is 13.2. The highest BCUT2D eigenvalue weighted by molar-refractivity contribution is 7.91. The van der Waals surface area contributed by atoms with Crippen LogP contribution in [0.3, 0.4) is 0 Å². The lowest BCUT2D eigenvalue weighted by Crippen LogP contribution is -2.77. The van der Waals surface area contributed by atoms with Crippen LogP contribution in [0.15, 0.2) is 40.6 Å². The van der Waals surface area contributed by atoms with E-state index in [0.717, 1.165) is 17.0 Å². The van der Waals surface area contributed by atoms with Crippen molar-refractivity contribution in [2.75, 3.05) is 6.54 Å². The van der Waals surface area contributed by atoms with Crippen molar-refractivity contribution >= 4 is 27.0 Å². The van der Waals surface area contributed by atoms with Crippen molar-refractivity contribution in [3.8, 4) is 10.4 Å². The highest BCUT2D eigenvalue weighted by atomic mass is 32.2. The number of quaternary nitrogens is 1. The molecule has 6 heteroatoms. The molecule has 0 saturated carbocycles. The minimum Gasteiger partial charge on any atom is -0.314 e. The summed E-state index contributed by atoms with van der Waals surface area (Å²) in [6.07, 6.45) is 0. The van der Waals surface area contributed by atoms with Gasteiger partial charge in [0.2, 0.25) is 10.0 Å². The Morgan fingerprint density at radius 1 is 1.17 bits per heavy atom. The fraction of sp³-hybridized carbons (Fsp3) is 0.167. The molecule has 0 atom stereocenters. The van der Waals surface area contributed by atoms with Gasteiger partial charge in [-0.3, -0.25) is 0 Å². The molecule has 4 N–H and O–H groups in total. The van der Waals surface area contributed by atoms with Gasteiger partial charge in [-0.25, -0.2) is 13.6 Å². The Labute approximate surface area is 111 Å². The van der Waals surface area contributed by atoms with Crippen molar-refractivity contribution in [2.45, 2.75) is 11.1 Å². The quantitative estimate of drug-likeness (QED) is 0.829. The fourth-order valence-corrected chi connectivity index (χ4v) is 3.38. The van der Waals surface area contributed by atoms with Gasteiger partial charge in [-0.15, -0.1) is 11.3 Å². The highest BCUT2D eigenvalue weighted by Gasteiger charge is 2.12. The summed E-state index contributed by atoms with van der Waals surface area (Å²) < 4.78 is 22.6. The number of thiophene rings is 1. The molecule has 0 radical (unpaired) electrons. The van der Waals surface area contributed by atoms with Crippen LogP contribution >= 0.6 is 11.3 Å². The van der Waals surface area contributed by atoms with Gasteiger partial charge in [0.1, 0.15) is 9.90 Å². The molecule has 96 valence electrons. The van der Waals surface area contributed by atoms with Crippen molar-refractivity contribution in [1.82, 2.24) is 0 Å². The summed E-state index contributed by atoms with van der Waals surface area (Å²) in [7, 11) is -3.59. The first-order valence-electron chi connectivity index (χ1n) is 5.57. The average Bonchev–Trinajstić information content (AvgIpc) is 2.79. The Morgan fingerprint density at radius 2 is 1.83 bits per heavy atom. The van der Waals surface area contributed by atoms with E-state index in [0.29, 0.717) is 0 Å². The van der Waals surface area contributed by atoms with Gasteiger partial charge in [-0.1, -0.05) is 0 Å². The molecule has 0 aliphatic heterocycles. The molecule has 2 rings (SSSR count). The van der Waals surface area contributed by atoms with Crippen LogP contribution in [0.25, 0.3) is 10.4 Å². The van der Waals surface area contributed by atoms with Gasteiger partial charge in [0.25, 0.3) is 0 Å². The molecule has 0 unspecified atom stereocenters. The van der Waals surface area contributed by atoms with E-state index < -0.39 is 10.0 Å². The zero-order valence-corrected chi connectivity index (χ0v) is 11.6. The van der Waals surface area contributed by atoms with Crippen LogP contribution in [-0.4, -0.2) is 15.0 Å². The molecule has 18 heavy (non-hydrogen) atoms. The third kappa shape index (κ3) is 2.97. The summed E-state index contributed by atoms with van der Waals surface area (Å²) in [5.41, 5.74) is 2.17. The van der Waals surface area contributed by atoms with E-state index in [1.807, 2.05) is 24.3 Å². The Balaban J connectivity index is 2.29. The molecule has 1 aromatic carbocycles. The molecule has 4 nitrogen and oxygen atoms in total. The van der Waals surface area contributed by atoms with Crippen molar-refractivity contribution in [2.24, 2.45) is 5.14 Å². The zero-order valence-electron chi connectivity index (χ0n) is 9.96. The van der Waals surface area contributed by atoms with E-state index in [-0.39, 0.29) is 4.21 Å². The Morgan fingerprint density at radius 3 is 2.33 bits per heavy atom. The summed E-state index contributed by atoms with van der Waals surface area (Å²) in [5.74, 6) is 0. The van der Waals surface area contributed by atoms with E-state index in [9.17, 15) is 8.42 Å². The number of hydrogen-bond acceptors (Lipinski definition) is 3. The van der Waals surface area contributed by atoms with Crippen LogP contribution in [-0.2, 0) is 10.0 Å². The maximum atomic E-state index is 11.2. The highest BCUT2D eigenvalue weighted by Crippen LogP contribution is 2.30. The second-order valence-corrected chi connectivity index (χ2v) is 6.77. The fourth-order valence-electron chi connectivity index (χ4n) is 1.65. The van der Waals surface area contributed by atoms with Crippen LogP contribution in [0.1, 0.15) is 6.92 Å². The standard InChI is InChI=1S/C12H14N2O2S2/c1-2-14-10-5-3-9(4-6-10)11-7-8-12(17-11)18(13,15)16/h3-8,14H,2H2,1H3,(H2,13,15,16)/p+1. The Kier molecular flexibility index (Phi) is 3.82. The number of benzene rings is 1. The summed E-state index contributed by atoms with van der Waals surface area (Å²) in [6, 6.07) is 11.3. The molecule has 0 amide bonds. The molecule has 0 bridgehead atoms. The predicted octanol–water partition coefficient (Wildman–Crippen LogP) is 1.28. The van der Waals surface area contributed by atoms with Crippen LogP contribution in [0.2, 0.25) is 0 Å². The van der Waals surface area contributed by atoms with Gasteiger partial charge in [0.05, 0.1) is 6.54 Å². The summed E-state index contributed by atoms with van der Waals surface area (Å²) in [4.78, 5) is 0.905. The first-order chi connectivity index (χ1) is 8.50. The predicted molar refractivity (Wildman–Crippen MR) is 73.3 cm³/mol. The van der Waals surface area contributed by atoms with Crippen LogP contribution in [0.5, 0.6) is 0 Å². The minimum absolute atomic E-state index is 0.196. The van der Waals surface area contributed by atoms with Crippen molar-refractivity contribution in [3.05, 3.63) is 36.4 Å². The number of sulfonamides is 1. The monoisotopic (exact) mass is 283 g/mol. The number of hydrogen-bond donors (Lipinski definition) is 2. The lowest BCUT2D eigenvalue weighted by atomic mass is 10.2. The first-order valence-corrected chi connectivity index (χ1v) is 7.93. The largest absolute Gasteiger partial charge is 0.314 e. The molecule has 0 aliphatic rings. The Hall–Kier alpha value is -1.21. The topological polar surface area (TPSA) is 76.8 Å². The van der Waals surface area contributed by atoms with E-state index >= 15 is 0 Å². The average molecular weight is 283 g/mol. The molecule has 1 heterocycles. The third-order valence-corrected chi connectivity index (χ3v) is 5.07. The summed E-state index contributed by atoms with van der Waals surface area (Å²) in [6.45, 7) is 3.08. The smallest absolute Gasteiger partial charge is 0.247 e. The maximum absolute atomic E-state index is 11.2. The van der Waals surface area contributed by atoms with E-state index in [1.54, 1.807) is 12.1 Å². The molecule has 1 aromatic heterocycles. The normalized spacial score (nSPS) is 11.7. The van der Waals surface area contributed by atoms with Gasteiger partial charge in [-0.05, 0) is 48.9 Å². The molecule has 0 saturated heterocycles. The molecular formula is C12H15N2O2S2+. The Bertz CT molecular complexity index is 630. The van der Waals surface area contributed by atoms with E-state index in [1.165, 1.54) is 17.0 Å². The summed E-state index contributed by atoms with van der Waals surface area (Å²) in [5, 5.41) is 7.22. The van der Waals surface area contributed by atoms with Gasteiger partial charge in [0, 0.05) is 4.88 Å². The SMILES string of the molecule is CC[NH2+]c1ccc(-c2ccc(S(N)(=O)=O)s2)cc1. The van der Waals surface area contributed by atoms with E-state index in [4.69, 9.17) is 5.14 Å². The van der Waals surface area contributed by atoms with Crippen molar-refractivity contribution < 1.29 is 13.7 Å². The molecule has 0 fully saturated rings. The molecular weight excluding hydrogens is 268 g/mol. The van der Waals surface area contributed by atoms with Crippen LogP contribution in [0.4, 0.5) is 5.69 Å². The van der Waals surface area contributed by atoms with Gasteiger partial charge in [0.15, 0.2) is 0 Å². The van der Waals surface area contributed by atoms with E-state index in [2.05, 4.69) is 12.2 Å². The van der Waals surface area contributed by atoms with Crippen LogP contribution in [0, 0.1) is 0 Å². The molecule has 2 aromatic rings. The lowest BCUT2D eigenvalue weighted by Gasteiger charge is -1.99. The van der Waals surface area contributed by atoms with Crippen molar-refractivity contribution in [3.63, 3.8) is 0 Å². The minimum atomic E-state index is -3.59. The number of primary sulfonamides is 1. The van der Waals surface area contributed by atoms with Gasteiger partial charge < -0.3 is 5.32 Å². The van der Waals surface area contributed by atoms with Gasteiger partial charge in [-0.2, -0.15) is 0 Å². The second-order valence-electron chi connectivity index (χ2n) is 3.90. The maximum Gasteiger partial charge on any atom is 0.247 e. The number of rotatable bonds is 4. The molecule has 0 aliphatic carbocycles. The zero-order chi connectivity index (χ0) is 13.2. The van der Waals surface area contributed by atoms with Gasteiger partial charge >= 0.3 is 0 Å². The van der Waals surface area contributed by atoms with Crippen molar-refractivity contribution in [1.29, 1.82) is 0 Å². The third-order valence-electron chi connectivity index (χ3n) is 2.50. The lowest BCUT2D eigenvalue weighted by molar-refractivity contribution is -0.567. The summed E-state index contributed by atoms with van der Waals surface area (Å²) >= 11 is 1.19. The number of nitrogens with two attached hydrogens (primary N) is 2.